The van der Waals surface area contributed by atoms with Crippen molar-refractivity contribution < 1.29 is 23.1 Å². The molecule has 0 unspecified atom stereocenters. The van der Waals surface area contributed by atoms with Crippen LogP contribution in [0.2, 0.25) is 0 Å². The molecule has 2 aromatic carbocycles. The van der Waals surface area contributed by atoms with Crippen molar-refractivity contribution in [1.82, 2.24) is 4.90 Å². The van der Waals surface area contributed by atoms with E-state index in [0.29, 0.717) is 5.56 Å². The van der Waals surface area contributed by atoms with Crippen LogP contribution in [-0.4, -0.2) is 22.6 Å². The molecule has 0 spiro atoms. The molecular weight excluding hydrogens is 321 g/mol. The van der Waals surface area contributed by atoms with Crippen molar-refractivity contribution in [3.8, 4) is 5.75 Å². The Hall–Kier alpha value is -2.70. The smallest absolute Gasteiger partial charge is 0.322 e. The molecule has 2 aromatic rings. The number of anilines is 1. The third-order valence-electron chi connectivity index (χ3n) is 3.70. The van der Waals surface area contributed by atoms with Crippen LogP contribution < -0.4 is 5.32 Å². The number of nitrogens with one attached hydrogen (secondary N) is 1. The molecule has 2 rings (SSSR count). The van der Waals surface area contributed by atoms with Crippen molar-refractivity contribution >= 4 is 11.7 Å². The van der Waals surface area contributed by atoms with Crippen molar-refractivity contribution in [2.75, 3.05) is 11.9 Å². The maximum Gasteiger partial charge on any atom is 0.322 e. The van der Waals surface area contributed by atoms with Gasteiger partial charge in [-0.05, 0) is 43.7 Å². The van der Waals surface area contributed by atoms with Gasteiger partial charge < -0.3 is 15.3 Å². The van der Waals surface area contributed by atoms with Gasteiger partial charge in [0.1, 0.15) is 5.75 Å². The number of hydrogen-bond donors (Lipinski definition) is 2. The van der Waals surface area contributed by atoms with Crippen LogP contribution in [0.1, 0.15) is 25.5 Å². The lowest BCUT2D eigenvalue weighted by atomic mass is 10.1. The number of hydrogen-bond acceptors (Lipinski definition) is 2. The number of carbonyl (C=O) groups is 1. The van der Waals surface area contributed by atoms with Crippen LogP contribution in [0.15, 0.2) is 36.4 Å². The quantitative estimate of drug-likeness (QED) is 0.811. The Balaban J connectivity index is 2.22. The molecule has 0 aliphatic heterocycles. The highest BCUT2D eigenvalue weighted by Crippen LogP contribution is 2.25. The predicted octanol–water partition coefficient (Wildman–Crippen LogP) is 4.42. The summed E-state index contributed by atoms with van der Waals surface area (Å²) in [4.78, 5) is 13.7. The molecule has 24 heavy (non-hydrogen) atoms. The van der Waals surface area contributed by atoms with Gasteiger partial charge in [-0.25, -0.2) is 18.0 Å². The summed E-state index contributed by atoms with van der Waals surface area (Å²) >= 11 is 0. The molecule has 128 valence electrons. The van der Waals surface area contributed by atoms with Gasteiger partial charge in [0, 0.05) is 6.54 Å². The maximum atomic E-state index is 13.7. The van der Waals surface area contributed by atoms with Gasteiger partial charge in [-0.15, -0.1) is 0 Å². The number of nitrogens with zero attached hydrogens (tertiary/aromatic N) is 1. The Bertz CT molecular complexity index is 753. The number of rotatable bonds is 4. The molecule has 2 amide bonds. The number of halogens is 3. The molecule has 7 heteroatoms. The Morgan fingerprint density at radius 2 is 1.92 bits per heavy atom. The molecule has 0 aliphatic rings. The lowest BCUT2D eigenvalue weighted by Gasteiger charge is -2.28. The highest BCUT2D eigenvalue weighted by molar-refractivity contribution is 5.89. The number of aromatic hydroxyl groups is 1. The van der Waals surface area contributed by atoms with Crippen LogP contribution in [0, 0.1) is 17.5 Å². The Morgan fingerprint density at radius 3 is 2.54 bits per heavy atom. The van der Waals surface area contributed by atoms with Crippen molar-refractivity contribution in [3.63, 3.8) is 0 Å². The first-order valence-corrected chi connectivity index (χ1v) is 7.35. The van der Waals surface area contributed by atoms with Gasteiger partial charge in [-0.2, -0.15) is 0 Å². The second-order valence-corrected chi connectivity index (χ2v) is 5.21. The molecule has 0 heterocycles. The molecular formula is C17H17F3N2O2. The average molecular weight is 338 g/mol. The van der Waals surface area contributed by atoms with Crippen LogP contribution in [0.5, 0.6) is 5.75 Å². The summed E-state index contributed by atoms with van der Waals surface area (Å²) in [5.74, 6) is -4.37. The molecule has 0 aliphatic carbocycles. The monoisotopic (exact) mass is 338 g/mol. The van der Waals surface area contributed by atoms with E-state index in [1.807, 2.05) is 0 Å². The first-order valence-electron chi connectivity index (χ1n) is 7.35. The molecule has 0 saturated carbocycles. The van der Waals surface area contributed by atoms with Gasteiger partial charge in [-0.3, -0.25) is 0 Å². The first-order chi connectivity index (χ1) is 11.3. The number of urea groups is 1. The second kappa shape index (κ2) is 7.25. The summed E-state index contributed by atoms with van der Waals surface area (Å²) in [5.41, 5.74) is 0.234. The molecule has 4 nitrogen and oxygen atoms in total. The standard InChI is InChI=1S/C17H17F3N2O2/c1-3-22(10(2)11-5-4-6-12(23)9-11)17(24)21-14-8-7-13(18)15(19)16(14)20/h4-10,23H,3H2,1-2H3,(H,21,24)/t10-/m1/s1. The van der Waals surface area contributed by atoms with E-state index in [9.17, 15) is 23.1 Å². The number of phenolic OH excluding ortho intramolecular Hbond substituents is 1. The fourth-order valence-electron chi connectivity index (χ4n) is 2.37. The zero-order valence-electron chi connectivity index (χ0n) is 13.2. The van der Waals surface area contributed by atoms with Crippen molar-refractivity contribution in [1.29, 1.82) is 0 Å². The second-order valence-electron chi connectivity index (χ2n) is 5.21. The minimum atomic E-state index is -1.64. The Kier molecular flexibility index (Phi) is 5.33. The highest BCUT2D eigenvalue weighted by Gasteiger charge is 2.22. The lowest BCUT2D eigenvalue weighted by molar-refractivity contribution is 0.196. The topological polar surface area (TPSA) is 52.6 Å². The fourth-order valence-corrected chi connectivity index (χ4v) is 2.37. The van der Waals surface area contributed by atoms with E-state index in [2.05, 4.69) is 5.32 Å². The van der Waals surface area contributed by atoms with Crippen molar-refractivity contribution in [2.45, 2.75) is 19.9 Å². The van der Waals surface area contributed by atoms with Crippen LogP contribution >= 0.6 is 0 Å². The zero-order chi connectivity index (χ0) is 17.9. The zero-order valence-corrected chi connectivity index (χ0v) is 13.2. The van der Waals surface area contributed by atoms with E-state index in [-0.39, 0.29) is 12.3 Å². The van der Waals surface area contributed by atoms with E-state index in [1.165, 1.54) is 17.0 Å². The summed E-state index contributed by atoms with van der Waals surface area (Å²) in [5, 5.41) is 11.8. The van der Waals surface area contributed by atoms with Crippen LogP contribution in [0.3, 0.4) is 0 Å². The number of benzene rings is 2. The number of amides is 2. The van der Waals surface area contributed by atoms with E-state index in [4.69, 9.17) is 0 Å². The van der Waals surface area contributed by atoms with Crippen LogP contribution in [0.25, 0.3) is 0 Å². The molecule has 2 N–H and O–H groups in total. The summed E-state index contributed by atoms with van der Waals surface area (Å²) in [6.45, 7) is 3.74. The largest absolute Gasteiger partial charge is 0.508 e. The number of carbonyl (C=O) groups excluding carboxylic acids is 1. The van der Waals surface area contributed by atoms with Gasteiger partial charge >= 0.3 is 6.03 Å². The van der Waals surface area contributed by atoms with E-state index in [1.54, 1.807) is 26.0 Å². The Morgan fingerprint density at radius 1 is 1.21 bits per heavy atom. The minimum absolute atomic E-state index is 0.0578. The SMILES string of the molecule is CCN(C(=O)Nc1ccc(F)c(F)c1F)[C@H](C)c1cccc(O)c1. The Labute approximate surface area is 137 Å². The van der Waals surface area contributed by atoms with Crippen LogP contribution in [-0.2, 0) is 0 Å². The minimum Gasteiger partial charge on any atom is -0.508 e. The molecule has 0 bridgehead atoms. The van der Waals surface area contributed by atoms with Crippen molar-refractivity contribution in [3.05, 3.63) is 59.4 Å². The van der Waals surface area contributed by atoms with Crippen LogP contribution in [0.4, 0.5) is 23.7 Å². The predicted molar refractivity (Wildman–Crippen MR) is 84.2 cm³/mol. The lowest BCUT2D eigenvalue weighted by Crippen LogP contribution is -2.37. The molecule has 0 saturated heterocycles. The third kappa shape index (κ3) is 3.61. The van der Waals surface area contributed by atoms with Gasteiger partial charge in [0.2, 0.25) is 0 Å². The number of phenols is 1. The van der Waals surface area contributed by atoms with E-state index >= 15 is 0 Å². The molecule has 1 atom stereocenters. The normalized spacial score (nSPS) is 11.9. The van der Waals surface area contributed by atoms with Gasteiger partial charge in [0.05, 0.1) is 11.7 Å². The summed E-state index contributed by atoms with van der Waals surface area (Å²) in [6, 6.07) is 7.00. The fraction of sp³-hybridized carbons (Fsp3) is 0.235. The van der Waals surface area contributed by atoms with Gasteiger partial charge in [0.25, 0.3) is 0 Å². The molecule has 0 aromatic heterocycles. The third-order valence-corrected chi connectivity index (χ3v) is 3.70. The van der Waals surface area contributed by atoms with Gasteiger partial charge in [-0.1, -0.05) is 12.1 Å². The van der Waals surface area contributed by atoms with E-state index < -0.39 is 35.2 Å². The summed E-state index contributed by atoms with van der Waals surface area (Å²) in [6.07, 6.45) is 0. The summed E-state index contributed by atoms with van der Waals surface area (Å²) < 4.78 is 39.9. The maximum absolute atomic E-state index is 13.7. The first kappa shape index (κ1) is 17.7. The average Bonchev–Trinajstić information content (AvgIpc) is 2.56. The molecule has 0 fully saturated rings. The molecule has 0 radical (unpaired) electrons. The van der Waals surface area contributed by atoms with E-state index in [0.717, 1.165) is 12.1 Å². The van der Waals surface area contributed by atoms with Crippen molar-refractivity contribution in [2.24, 2.45) is 0 Å². The summed E-state index contributed by atoms with van der Waals surface area (Å²) in [7, 11) is 0. The van der Waals surface area contributed by atoms with Gasteiger partial charge in [0.15, 0.2) is 17.5 Å². The highest BCUT2D eigenvalue weighted by atomic mass is 19.2.